The molecule has 0 unspecified atom stereocenters. The van der Waals surface area contributed by atoms with Gasteiger partial charge in [-0.15, -0.1) is 0 Å². The summed E-state index contributed by atoms with van der Waals surface area (Å²) in [4.78, 5) is 2.36. The Labute approximate surface area is 337 Å². The van der Waals surface area contributed by atoms with E-state index in [1.165, 1.54) is 76.8 Å². The van der Waals surface area contributed by atoms with Gasteiger partial charge >= 0.3 is 0 Å². The van der Waals surface area contributed by atoms with Crippen molar-refractivity contribution in [2.45, 2.75) is 12.3 Å². The molecule has 2 aliphatic carbocycles. The lowest BCUT2D eigenvalue weighted by molar-refractivity contribution is 0.603. The van der Waals surface area contributed by atoms with Crippen LogP contribution in [0, 0.1) is 0 Å². The van der Waals surface area contributed by atoms with E-state index in [1.807, 2.05) is 6.92 Å². The second kappa shape index (κ2) is 12.3. The predicted molar refractivity (Wildman–Crippen MR) is 245 cm³/mol. The van der Waals surface area contributed by atoms with Crippen LogP contribution in [-0.4, -0.2) is 0 Å². The van der Waals surface area contributed by atoms with Gasteiger partial charge in [0.25, 0.3) is 0 Å². The van der Waals surface area contributed by atoms with Crippen molar-refractivity contribution in [3.8, 4) is 22.3 Å². The molecule has 58 heavy (non-hydrogen) atoms. The third-order valence-corrected chi connectivity index (χ3v) is 12.7. The standard InChI is InChI=1S/C56H37NO/c1-3-16-44-48-34-38(29-32-52(48)58-51(44)4-2)57(36-17-6-5-7-18-36)37-28-31-39-35(33-37)27-30-47-53-45-23-10-8-19-40(45)41-20-9-11-24-46(41)55(53)56(54(39)47)49-25-14-12-21-42(49)43-22-13-15-26-50(43)56/h3-34H,2H2,1H3/b16-3-. The number of furan rings is 1. The maximum absolute atomic E-state index is 6.24. The first-order chi connectivity index (χ1) is 28.7. The van der Waals surface area contributed by atoms with E-state index in [0.29, 0.717) is 0 Å². The van der Waals surface area contributed by atoms with E-state index in [0.717, 1.165) is 39.4 Å². The van der Waals surface area contributed by atoms with Crippen molar-refractivity contribution in [1.82, 2.24) is 0 Å². The number of allylic oxidation sites excluding steroid dienone is 1. The SMILES string of the molecule is C=Cc1oc2ccc(N(c3ccccc3)c3ccc4c5c(ccc4c3)-c3c(c4ccccc4c4ccccc34)C53c4ccccc4-c4ccccc43)cc2c1/C=C\C. The first-order valence-corrected chi connectivity index (χ1v) is 20.1. The van der Waals surface area contributed by atoms with E-state index < -0.39 is 5.41 Å². The quantitative estimate of drug-likeness (QED) is 0.163. The number of rotatable bonds is 5. The Hall–Kier alpha value is -7.42. The molecule has 9 aromatic carbocycles. The van der Waals surface area contributed by atoms with E-state index in [-0.39, 0.29) is 0 Å². The van der Waals surface area contributed by atoms with Crippen LogP contribution in [0.3, 0.4) is 0 Å². The number of anilines is 3. The minimum Gasteiger partial charge on any atom is -0.456 e. The normalized spacial score (nSPS) is 13.4. The van der Waals surface area contributed by atoms with Gasteiger partial charge in [0.2, 0.25) is 0 Å². The maximum Gasteiger partial charge on any atom is 0.135 e. The van der Waals surface area contributed by atoms with Crippen LogP contribution in [-0.2, 0) is 5.41 Å². The fraction of sp³-hybridized carbons (Fsp3) is 0.0357. The number of nitrogens with zero attached hydrogens (tertiary/aromatic N) is 1. The van der Waals surface area contributed by atoms with Crippen LogP contribution in [0.4, 0.5) is 17.1 Å². The van der Waals surface area contributed by atoms with Crippen molar-refractivity contribution >= 4 is 72.5 Å². The summed E-state index contributed by atoms with van der Waals surface area (Å²) in [5.41, 5.74) is 15.3. The van der Waals surface area contributed by atoms with E-state index in [4.69, 9.17) is 4.42 Å². The topological polar surface area (TPSA) is 16.4 Å². The van der Waals surface area contributed by atoms with E-state index >= 15 is 0 Å². The highest BCUT2D eigenvalue weighted by molar-refractivity contribution is 6.21. The van der Waals surface area contributed by atoms with Gasteiger partial charge < -0.3 is 9.32 Å². The van der Waals surface area contributed by atoms with Gasteiger partial charge in [0.1, 0.15) is 11.3 Å². The molecule has 0 atom stereocenters. The van der Waals surface area contributed by atoms with Gasteiger partial charge in [-0.25, -0.2) is 0 Å². The lowest BCUT2D eigenvalue weighted by atomic mass is 9.68. The number of benzene rings is 9. The van der Waals surface area contributed by atoms with Crippen LogP contribution in [0.5, 0.6) is 0 Å². The molecule has 10 aromatic rings. The highest BCUT2D eigenvalue weighted by atomic mass is 16.3. The smallest absolute Gasteiger partial charge is 0.135 e. The first kappa shape index (κ1) is 32.8. The maximum atomic E-state index is 6.24. The summed E-state index contributed by atoms with van der Waals surface area (Å²) in [5, 5.41) is 8.72. The number of hydrogen-bond donors (Lipinski definition) is 0. The van der Waals surface area contributed by atoms with Gasteiger partial charge in [0.15, 0.2) is 0 Å². The molecule has 0 bridgehead atoms. The molecule has 0 aliphatic heterocycles. The zero-order valence-electron chi connectivity index (χ0n) is 32.0. The van der Waals surface area contributed by atoms with Crippen molar-refractivity contribution in [2.75, 3.05) is 4.90 Å². The molecule has 0 amide bonds. The summed E-state index contributed by atoms with van der Waals surface area (Å²) < 4.78 is 6.24. The Balaban J connectivity index is 1.17. The van der Waals surface area contributed by atoms with Gasteiger partial charge in [0.05, 0.1) is 5.41 Å². The zero-order valence-corrected chi connectivity index (χ0v) is 32.0. The fourth-order valence-corrected chi connectivity index (χ4v) is 10.6. The summed E-state index contributed by atoms with van der Waals surface area (Å²) in [6.45, 7) is 6.07. The second-order valence-electron chi connectivity index (χ2n) is 15.5. The van der Waals surface area contributed by atoms with Crippen molar-refractivity contribution in [3.63, 3.8) is 0 Å². The Morgan fingerprint density at radius 3 is 1.84 bits per heavy atom. The number of fused-ring (bicyclic) bond motifs is 18. The molecule has 12 rings (SSSR count). The van der Waals surface area contributed by atoms with Gasteiger partial charge in [-0.2, -0.15) is 0 Å². The summed E-state index contributed by atoms with van der Waals surface area (Å²) in [7, 11) is 0. The summed E-state index contributed by atoms with van der Waals surface area (Å²) in [6.07, 6.45) is 5.96. The third-order valence-electron chi connectivity index (χ3n) is 12.7. The minimum absolute atomic E-state index is 0.514. The number of hydrogen-bond acceptors (Lipinski definition) is 2. The highest BCUT2D eigenvalue weighted by Crippen LogP contribution is 2.66. The first-order valence-electron chi connectivity index (χ1n) is 20.1. The molecule has 1 aromatic heterocycles. The van der Waals surface area contributed by atoms with Crippen LogP contribution in [0.25, 0.3) is 77.7 Å². The molecule has 2 aliphatic rings. The minimum atomic E-state index is -0.514. The molecular weight excluding hydrogens is 703 g/mol. The fourth-order valence-electron chi connectivity index (χ4n) is 10.6. The Morgan fingerprint density at radius 1 is 0.500 bits per heavy atom. The van der Waals surface area contributed by atoms with Gasteiger partial charge in [0, 0.05) is 28.0 Å². The van der Waals surface area contributed by atoms with E-state index in [9.17, 15) is 0 Å². The lowest BCUT2D eigenvalue weighted by Gasteiger charge is -2.33. The average molecular weight is 740 g/mol. The van der Waals surface area contributed by atoms with Crippen LogP contribution >= 0.6 is 0 Å². The molecule has 1 spiro atoms. The molecule has 272 valence electrons. The van der Waals surface area contributed by atoms with Crippen molar-refractivity contribution < 1.29 is 4.42 Å². The molecule has 2 nitrogen and oxygen atoms in total. The Bertz CT molecular complexity index is 3340. The molecule has 1 heterocycles. The zero-order chi connectivity index (χ0) is 38.5. The molecule has 0 saturated carbocycles. The van der Waals surface area contributed by atoms with Crippen LogP contribution < -0.4 is 4.90 Å². The predicted octanol–water partition coefficient (Wildman–Crippen LogP) is 15.4. The molecule has 0 radical (unpaired) electrons. The molecular formula is C56H37NO. The summed E-state index contributed by atoms with van der Waals surface area (Å²) in [5.74, 6) is 0.779. The summed E-state index contributed by atoms with van der Waals surface area (Å²) >= 11 is 0. The van der Waals surface area contributed by atoms with Crippen molar-refractivity contribution in [3.05, 3.63) is 222 Å². The molecule has 0 saturated heterocycles. The van der Waals surface area contributed by atoms with Crippen molar-refractivity contribution in [1.29, 1.82) is 0 Å². The molecule has 0 N–H and O–H groups in total. The third kappa shape index (κ3) is 4.27. The largest absolute Gasteiger partial charge is 0.456 e. The van der Waals surface area contributed by atoms with Gasteiger partial charge in [-0.1, -0.05) is 152 Å². The van der Waals surface area contributed by atoms with E-state index in [2.05, 4.69) is 200 Å². The van der Waals surface area contributed by atoms with Crippen LogP contribution in [0.2, 0.25) is 0 Å². The number of para-hydroxylation sites is 1. The Kier molecular flexibility index (Phi) is 6.95. The molecule has 2 heteroatoms. The molecule has 0 fully saturated rings. The highest BCUT2D eigenvalue weighted by Gasteiger charge is 2.53. The van der Waals surface area contributed by atoms with Crippen LogP contribution in [0.1, 0.15) is 40.5 Å². The van der Waals surface area contributed by atoms with Crippen LogP contribution in [0.15, 0.2) is 193 Å². The monoisotopic (exact) mass is 739 g/mol. The van der Waals surface area contributed by atoms with Crippen molar-refractivity contribution in [2.24, 2.45) is 0 Å². The van der Waals surface area contributed by atoms with Gasteiger partial charge in [-0.05, 0) is 132 Å². The van der Waals surface area contributed by atoms with Gasteiger partial charge in [-0.3, -0.25) is 0 Å². The van der Waals surface area contributed by atoms with E-state index in [1.54, 1.807) is 6.08 Å². The average Bonchev–Trinajstić information content (AvgIpc) is 3.91. The Morgan fingerprint density at radius 2 is 1.12 bits per heavy atom. The second-order valence-corrected chi connectivity index (χ2v) is 15.5. The summed E-state index contributed by atoms with van der Waals surface area (Å²) in [6, 6.07) is 65.3. The lowest BCUT2D eigenvalue weighted by Crippen LogP contribution is -2.26.